The summed E-state index contributed by atoms with van der Waals surface area (Å²) in [5, 5.41) is 11.6. The maximum atomic E-state index is 12.5. The fourth-order valence-electron chi connectivity index (χ4n) is 2.70. The van der Waals surface area contributed by atoms with E-state index < -0.39 is 6.04 Å². The van der Waals surface area contributed by atoms with E-state index >= 15 is 0 Å². The summed E-state index contributed by atoms with van der Waals surface area (Å²) in [5.41, 5.74) is 1.88. The van der Waals surface area contributed by atoms with Crippen molar-refractivity contribution in [3.05, 3.63) is 60.2 Å². The van der Waals surface area contributed by atoms with Crippen molar-refractivity contribution < 1.29 is 9.59 Å². The maximum absolute atomic E-state index is 12.5. The number of nitriles is 1. The third-order valence-corrected chi connectivity index (χ3v) is 3.83. The van der Waals surface area contributed by atoms with Crippen molar-refractivity contribution >= 4 is 23.2 Å². The molecule has 114 valence electrons. The number of nitrogens with zero attached hydrogens (tertiary/aromatic N) is 2. The van der Waals surface area contributed by atoms with Crippen LogP contribution < -0.4 is 10.2 Å². The number of benzene rings is 2. The Labute approximate surface area is 134 Å². The zero-order chi connectivity index (χ0) is 16.2. The average molecular weight is 305 g/mol. The van der Waals surface area contributed by atoms with Crippen LogP contribution in [0.15, 0.2) is 54.6 Å². The molecule has 3 rings (SSSR count). The third-order valence-electron chi connectivity index (χ3n) is 3.83. The highest BCUT2D eigenvalue weighted by molar-refractivity contribution is 6.07. The van der Waals surface area contributed by atoms with E-state index in [1.54, 1.807) is 29.2 Å². The van der Waals surface area contributed by atoms with Crippen molar-refractivity contribution in [2.45, 2.75) is 18.9 Å². The Morgan fingerprint density at radius 3 is 2.48 bits per heavy atom. The first-order chi connectivity index (χ1) is 11.2. The quantitative estimate of drug-likeness (QED) is 0.947. The highest BCUT2D eigenvalue weighted by atomic mass is 16.2. The van der Waals surface area contributed by atoms with Crippen LogP contribution in [0.4, 0.5) is 11.4 Å². The zero-order valence-corrected chi connectivity index (χ0v) is 12.4. The van der Waals surface area contributed by atoms with Gasteiger partial charge in [-0.1, -0.05) is 18.2 Å². The summed E-state index contributed by atoms with van der Waals surface area (Å²) in [6.45, 7) is 0. The predicted octanol–water partition coefficient (Wildman–Crippen LogP) is 2.69. The lowest BCUT2D eigenvalue weighted by Crippen LogP contribution is -2.41. The summed E-state index contributed by atoms with van der Waals surface area (Å²) in [6, 6.07) is 17.4. The normalized spacial score (nSPS) is 16.9. The molecule has 1 aliphatic rings. The van der Waals surface area contributed by atoms with Gasteiger partial charge in [0.05, 0.1) is 11.6 Å². The minimum atomic E-state index is -0.513. The van der Waals surface area contributed by atoms with Crippen LogP contribution in [-0.4, -0.2) is 17.9 Å². The summed E-state index contributed by atoms with van der Waals surface area (Å²) >= 11 is 0. The summed E-state index contributed by atoms with van der Waals surface area (Å²) in [4.78, 5) is 26.2. The summed E-state index contributed by atoms with van der Waals surface area (Å²) in [6.07, 6.45) is 0.857. The second-order valence-electron chi connectivity index (χ2n) is 5.33. The molecular formula is C18H15N3O2. The molecule has 2 aromatic rings. The maximum Gasteiger partial charge on any atom is 0.247 e. The van der Waals surface area contributed by atoms with Crippen molar-refractivity contribution in [1.82, 2.24) is 0 Å². The van der Waals surface area contributed by atoms with Gasteiger partial charge in [-0.05, 0) is 42.8 Å². The molecule has 0 aromatic heterocycles. The van der Waals surface area contributed by atoms with Crippen molar-refractivity contribution in [1.29, 1.82) is 5.26 Å². The number of rotatable bonds is 3. The average Bonchev–Trinajstić information content (AvgIpc) is 2.98. The molecule has 1 atom stereocenters. The minimum Gasteiger partial charge on any atom is -0.324 e. The molecule has 0 aliphatic carbocycles. The van der Waals surface area contributed by atoms with Crippen molar-refractivity contribution in [2.75, 3.05) is 10.2 Å². The number of nitrogens with one attached hydrogen (secondary N) is 1. The monoisotopic (exact) mass is 305 g/mol. The molecule has 0 saturated carbocycles. The van der Waals surface area contributed by atoms with Gasteiger partial charge in [0.2, 0.25) is 11.8 Å². The first kappa shape index (κ1) is 14.8. The van der Waals surface area contributed by atoms with E-state index in [9.17, 15) is 9.59 Å². The van der Waals surface area contributed by atoms with E-state index in [0.29, 0.717) is 24.1 Å². The zero-order valence-electron chi connectivity index (χ0n) is 12.4. The lowest BCUT2D eigenvalue weighted by atomic mass is 10.1. The molecule has 0 radical (unpaired) electrons. The van der Waals surface area contributed by atoms with Gasteiger partial charge >= 0.3 is 0 Å². The Morgan fingerprint density at radius 1 is 1.13 bits per heavy atom. The predicted molar refractivity (Wildman–Crippen MR) is 86.7 cm³/mol. The molecule has 1 heterocycles. The molecule has 0 bridgehead atoms. The molecule has 0 spiro atoms. The molecule has 1 N–H and O–H groups in total. The first-order valence-electron chi connectivity index (χ1n) is 7.37. The number of hydrogen-bond acceptors (Lipinski definition) is 3. The first-order valence-corrected chi connectivity index (χ1v) is 7.37. The largest absolute Gasteiger partial charge is 0.324 e. The Kier molecular flexibility index (Phi) is 4.07. The molecule has 5 nitrogen and oxygen atoms in total. The Morgan fingerprint density at radius 2 is 1.83 bits per heavy atom. The van der Waals surface area contributed by atoms with E-state index in [2.05, 4.69) is 5.32 Å². The molecule has 2 amide bonds. The lowest BCUT2D eigenvalue weighted by Gasteiger charge is -2.24. The van der Waals surface area contributed by atoms with Crippen LogP contribution in [0.1, 0.15) is 18.4 Å². The number of carbonyl (C=O) groups is 2. The van der Waals surface area contributed by atoms with Crippen LogP contribution in [0.3, 0.4) is 0 Å². The SMILES string of the molecule is N#Cc1ccc(NC(=O)C2CCC(=O)N2c2ccccc2)cc1. The van der Waals surface area contributed by atoms with Crippen LogP contribution >= 0.6 is 0 Å². The second-order valence-corrected chi connectivity index (χ2v) is 5.33. The molecule has 1 aliphatic heterocycles. The van der Waals surface area contributed by atoms with Gasteiger partial charge < -0.3 is 5.32 Å². The molecular weight excluding hydrogens is 290 g/mol. The van der Waals surface area contributed by atoms with E-state index in [4.69, 9.17) is 5.26 Å². The van der Waals surface area contributed by atoms with Gasteiger partial charge in [0.15, 0.2) is 0 Å². The van der Waals surface area contributed by atoms with Gasteiger partial charge in [0, 0.05) is 17.8 Å². The van der Waals surface area contributed by atoms with Crippen LogP contribution in [0.25, 0.3) is 0 Å². The number of amides is 2. The molecule has 2 aromatic carbocycles. The number of para-hydroxylation sites is 1. The van der Waals surface area contributed by atoms with E-state index in [-0.39, 0.29) is 11.8 Å². The van der Waals surface area contributed by atoms with Crippen molar-refractivity contribution in [2.24, 2.45) is 0 Å². The van der Waals surface area contributed by atoms with Crippen LogP contribution in [0, 0.1) is 11.3 Å². The summed E-state index contributed by atoms with van der Waals surface area (Å²) in [5.74, 6) is -0.263. The Hall–Kier alpha value is -3.13. The fraction of sp³-hybridized carbons (Fsp3) is 0.167. The second kappa shape index (κ2) is 6.32. The van der Waals surface area contributed by atoms with Gasteiger partial charge in [-0.2, -0.15) is 5.26 Å². The van der Waals surface area contributed by atoms with Gasteiger partial charge in [-0.25, -0.2) is 0 Å². The highest BCUT2D eigenvalue weighted by Gasteiger charge is 2.36. The van der Waals surface area contributed by atoms with Crippen LogP contribution in [-0.2, 0) is 9.59 Å². The van der Waals surface area contributed by atoms with E-state index in [0.717, 1.165) is 5.69 Å². The van der Waals surface area contributed by atoms with E-state index in [1.165, 1.54) is 0 Å². The molecule has 5 heteroatoms. The van der Waals surface area contributed by atoms with Crippen LogP contribution in [0.2, 0.25) is 0 Å². The smallest absolute Gasteiger partial charge is 0.247 e. The number of anilines is 2. The fourth-order valence-corrected chi connectivity index (χ4v) is 2.70. The number of carbonyl (C=O) groups excluding carboxylic acids is 2. The van der Waals surface area contributed by atoms with Crippen molar-refractivity contribution in [3.8, 4) is 6.07 Å². The molecule has 1 fully saturated rings. The lowest BCUT2D eigenvalue weighted by molar-refractivity contribution is -0.120. The van der Waals surface area contributed by atoms with Gasteiger partial charge in [0.25, 0.3) is 0 Å². The van der Waals surface area contributed by atoms with Gasteiger partial charge in [0.1, 0.15) is 6.04 Å². The summed E-state index contributed by atoms with van der Waals surface area (Å²) < 4.78 is 0. The number of hydrogen-bond donors (Lipinski definition) is 1. The van der Waals surface area contributed by atoms with Crippen molar-refractivity contribution in [3.63, 3.8) is 0 Å². The molecule has 23 heavy (non-hydrogen) atoms. The van der Waals surface area contributed by atoms with Gasteiger partial charge in [-0.3, -0.25) is 14.5 Å². The van der Waals surface area contributed by atoms with Gasteiger partial charge in [-0.15, -0.1) is 0 Å². The van der Waals surface area contributed by atoms with E-state index in [1.807, 2.05) is 36.4 Å². The Bertz CT molecular complexity index is 763. The standard InChI is InChI=1S/C18H15N3O2/c19-12-13-6-8-14(9-7-13)20-18(23)16-10-11-17(22)21(16)15-4-2-1-3-5-15/h1-9,16H,10-11H2,(H,20,23). The van der Waals surface area contributed by atoms with Crippen LogP contribution in [0.5, 0.6) is 0 Å². The molecule has 1 saturated heterocycles. The highest BCUT2D eigenvalue weighted by Crippen LogP contribution is 2.27. The third kappa shape index (κ3) is 3.06. The Balaban J connectivity index is 1.78. The summed E-state index contributed by atoms with van der Waals surface area (Å²) in [7, 11) is 0. The topological polar surface area (TPSA) is 73.2 Å². The molecule has 1 unspecified atom stereocenters. The minimum absolute atomic E-state index is 0.0452.